The Kier molecular flexibility index (Phi) is 3.67. The van der Waals surface area contributed by atoms with Crippen LogP contribution in [-0.2, 0) is 4.79 Å². The van der Waals surface area contributed by atoms with Crippen LogP contribution in [0.3, 0.4) is 0 Å². The van der Waals surface area contributed by atoms with Crippen molar-refractivity contribution in [1.82, 2.24) is 9.97 Å². The van der Waals surface area contributed by atoms with E-state index in [0.717, 1.165) is 5.56 Å². The van der Waals surface area contributed by atoms with Gasteiger partial charge in [0, 0.05) is 11.8 Å². The van der Waals surface area contributed by atoms with E-state index in [0.29, 0.717) is 11.6 Å². The smallest absolute Gasteiger partial charge is 0.240 e. The summed E-state index contributed by atoms with van der Waals surface area (Å²) in [5.74, 6) is 0.636. The molecule has 0 spiro atoms. The molecule has 5 heteroatoms. The van der Waals surface area contributed by atoms with Crippen LogP contribution in [0.2, 0.25) is 0 Å². The molecule has 0 unspecified atom stereocenters. The van der Waals surface area contributed by atoms with Crippen molar-refractivity contribution < 1.29 is 4.79 Å². The molecule has 1 heterocycles. The lowest BCUT2D eigenvalue weighted by molar-refractivity contribution is -0.113. The molecule has 1 N–H and O–H groups in total. The summed E-state index contributed by atoms with van der Waals surface area (Å²) in [7, 11) is 0. The molecule has 2 aromatic rings. The Morgan fingerprint density at radius 1 is 1.24 bits per heavy atom. The second-order valence-corrected chi connectivity index (χ2v) is 3.58. The molecule has 0 bridgehead atoms. The molecule has 2 rings (SSSR count). The number of rotatable bonds is 3. The first-order chi connectivity index (χ1) is 8.29. The van der Waals surface area contributed by atoms with Crippen LogP contribution in [-0.4, -0.2) is 21.8 Å². The van der Waals surface area contributed by atoms with E-state index in [1.54, 1.807) is 12.3 Å². The Morgan fingerprint density at radius 2 is 2.00 bits per heavy atom. The molecule has 1 aromatic heterocycles. The second-order valence-electron chi connectivity index (χ2n) is 3.31. The van der Waals surface area contributed by atoms with Crippen LogP contribution in [0.15, 0.2) is 42.6 Å². The van der Waals surface area contributed by atoms with Crippen molar-refractivity contribution >= 4 is 23.3 Å². The topological polar surface area (TPSA) is 54.9 Å². The Labute approximate surface area is 104 Å². The van der Waals surface area contributed by atoms with E-state index in [1.807, 2.05) is 30.3 Å². The highest BCUT2D eigenvalue weighted by Crippen LogP contribution is 2.15. The first-order valence-electron chi connectivity index (χ1n) is 5.04. The third-order valence-electron chi connectivity index (χ3n) is 2.08. The molecule has 0 fully saturated rings. The highest BCUT2D eigenvalue weighted by molar-refractivity contribution is 6.29. The molecule has 17 heavy (non-hydrogen) atoms. The van der Waals surface area contributed by atoms with Gasteiger partial charge in [0.15, 0.2) is 5.82 Å². The first kappa shape index (κ1) is 11.5. The number of anilines is 1. The van der Waals surface area contributed by atoms with E-state index in [4.69, 9.17) is 11.6 Å². The molecule has 86 valence electrons. The SMILES string of the molecule is O=C(CCl)Nc1ccnc(-c2ccccc2)n1. The van der Waals surface area contributed by atoms with Gasteiger partial charge in [0.25, 0.3) is 0 Å². The van der Waals surface area contributed by atoms with Gasteiger partial charge in [-0.2, -0.15) is 0 Å². The van der Waals surface area contributed by atoms with Crippen molar-refractivity contribution in [3.63, 3.8) is 0 Å². The first-order valence-corrected chi connectivity index (χ1v) is 5.57. The summed E-state index contributed by atoms with van der Waals surface area (Å²) in [6, 6.07) is 11.2. The van der Waals surface area contributed by atoms with Gasteiger partial charge in [0.05, 0.1) is 0 Å². The van der Waals surface area contributed by atoms with Crippen LogP contribution >= 0.6 is 11.6 Å². The normalized spacial score (nSPS) is 9.94. The van der Waals surface area contributed by atoms with Gasteiger partial charge in [-0.15, -0.1) is 11.6 Å². The molecule has 1 aromatic carbocycles. The van der Waals surface area contributed by atoms with Crippen molar-refractivity contribution in [3.8, 4) is 11.4 Å². The summed E-state index contributed by atoms with van der Waals surface area (Å²) in [4.78, 5) is 19.5. The van der Waals surface area contributed by atoms with Crippen molar-refractivity contribution in [2.24, 2.45) is 0 Å². The second kappa shape index (κ2) is 5.41. The summed E-state index contributed by atoms with van der Waals surface area (Å²) in [6.45, 7) is 0. The monoisotopic (exact) mass is 247 g/mol. The van der Waals surface area contributed by atoms with Gasteiger partial charge >= 0.3 is 0 Å². The molecule has 0 aliphatic heterocycles. The van der Waals surface area contributed by atoms with Crippen LogP contribution in [0.25, 0.3) is 11.4 Å². The van der Waals surface area contributed by atoms with Crippen LogP contribution in [0.1, 0.15) is 0 Å². The van der Waals surface area contributed by atoms with E-state index in [9.17, 15) is 4.79 Å². The van der Waals surface area contributed by atoms with Crippen LogP contribution in [0.4, 0.5) is 5.82 Å². The van der Waals surface area contributed by atoms with Crippen LogP contribution in [0.5, 0.6) is 0 Å². The fourth-order valence-corrected chi connectivity index (χ4v) is 1.40. The van der Waals surface area contributed by atoms with Crippen molar-refractivity contribution in [2.45, 2.75) is 0 Å². The number of nitrogens with one attached hydrogen (secondary N) is 1. The average molecular weight is 248 g/mol. The zero-order valence-electron chi connectivity index (χ0n) is 8.93. The van der Waals surface area contributed by atoms with E-state index >= 15 is 0 Å². The van der Waals surface area contributed by atoms with Crippen molar-refractivity contribution in [1.29, 1.82) is 0 Å². The molecule has 0 atom stereocenters. The number of hydrogen-bond donors (Lipinski definition) is 1. The molecule has 0 saturated heterocycles. The Balaban J connectivity index is 2.26. The molecule has 0 aliphatic rings. The number of aromatic nitrogens is 2. The molecular formula is C12H10ClN3O. The molecule has 0 radical (unpaired) electrons. The minimum absolute atomic E-state index is 0.0926. The zero-order chi connectivity index (χ0) is 12.1. The lowest BCUT2D eigenvalue weighted by atomic mass is 10.2. The molecule has 1 amide bonds. The fraction of sp³-hybridized carbons (Fsp3) is 0.0833. The Bertz CT molecular complexity index is 516. The maximum atomic E-state index is 11.1. The molecule has 0 aliphatic carbocycles. The Morgan fingerprint density at radius 3 is 2.71 bits per heavy atom. The summed E-state index contributed by atoms with van der Waals surface area (Å²) < 4.78 is 0. The maximum Gasteiger partial charge on any atom is 0.240 e. The minimum Gasteiger partial charge on any atom is -0.310 e. The number of hydrogen-bond acceptors (Lipinski definition) is 3. The van der Waals surface area contributed by atoms with E-state index in [-0.39, 0.29) is 11.8 Å². The fourth-order valence-electron chi connectivity index (χ4n) is 1.33. The molecule has 0 saturated carbocycles. The van der Waals surface area contributed by atoms with Crippen molar-refractivity contribution in [3.05, 3.63) is 42.6 Å². The number of alkyl halides is 1. The van der Waals surface area contributed by atoms with E-state index in [2.05, 4.69) is 15.3 Å². The third-order valence-corrected chi connectivity index (χ3v) is 2.32. The van der Waals surface area contributed by atoms with Crippen LogP contribution in [0, 0.1) is 0 Å². The van der Waals surface area contributed by atoms with Gasteiger partial charge in [0.1, 0.15) is 11.7 Å². The molecule has 4 nitrogen and oxygen atoms in total. The number of carbonyl (C=O) groups is 1. The number of carbonyl (C=O) groups excluding carboxylic acids is 1. The predicted octanol–water partition coefficient (Wildman–Crippen LogP) is 2.32. The number of benzene rings is 1. The van der Waals surface area contributed by atoms with Gasteiger partial charge in [-0.05, 0) is 6.07 Å². The number of nitrogens with zero attached hydrogens (tertiary/aromatic N) is 2. The highest BCUT2D eigenvalue weighted by atomic mass is 35.5. The largest absolute Gasteiger partial charge is 0.310 e. The quantitative estimate of drug-likeness (QED) is 0.847. The summed E-state index contributed by atoms with van der Waals surface area (Å²) >= 11 is 5.40. The number of amides is 1. The standard InChI is InChI=1S/C12H10ClN3O/c13-8-11(17)15-10-6-7-14-12(16-10)9-4-2-1-3-5-9/h1-7H,8H2,(H,14,15,16,17). The van der Waals surface area contributed by atoms with E-state index < -0.39 is 0 Å². The number of halogens is 1. The maximum absolute atomic E-state index is 11.1. The third kappa shape index (κ3) is 3.01. The van der Waals surface area contributed by atoms with Gasteiger partial charge in [-0.3, -0.25) is 4.79 Å². The van der Waals surface area contributed by atoms with Gasteiger partial charge in [-0.1, -0.05) is 30.3 Å². The zero-order valence-corrected chi connectivity index (χ0v) is 9.69. The summed E-state index contributed by atoms with van der Waals surface area (Å²) in [6.07, 6.45) is 1.60. The predicted molar refractivity (Wildman–Crippen MR) is 66.8 cm³/mol. The summed E-state index contributed by atoms with van der Waals surface area (Å²) in [5.41, 5.74) is 0.898. The van der Waals surface area contributed by atoms with Gasteiger partial charge in [0.2, 0.25) is 5.91 Å². The lowest BCUT2D eigenvalue weighted by Crippen LogP contribution is -2.13. The van der Waals surface area contributed by atoms with Crippen LogP contribution < -0.4 is 5.32 Å². The van der Waals surface area contributed by atoms with E-state index in [1.165, 1.54) is 0 Å². The summed E-state index contributed by atoms with van der Waals surface area (Å²) in [5, 5.41) is 2.58. The van der Waals surface area contributed by atoms with Crippen molar-refractivity contribution in [2.75, 3.05) is 11.2 Å². The minimum atomic E-state index is -0.288. The lowest BCUT2D eigenvalue weighted by Gasteiger charge is -2.04. The molecular weight excluding hydrogens is 238 g/mol. The van der Waals surface area contributed by atoms with Gasteiger partial charge in [-0.25, -0.2) is 9.97 Å². The average Bonchev–Trinajstić information content (AvgIpc) is 2.40. The van der Waals surface area contributed by atoms with Gasteiger partial charge < -0.3 is 5.32 Å². The Hall–Kier alpha value is -1.94. The highest BCUT2D eigenvalue weighted by Gasteiger charge is 2.04.